The number of carbonyl (C=O) groups excluding carboxylic acids is 3. The first kappa shape index (κ1) is 33.7. The van der Waals surface area contributed by atoms with E-state index >= 15 is 0 Å². The van der Waals surface area contributed by atoms with Gasteiger partial charge in [-0.3, -0.25) is 4.79 Å². The van der Waals surface area contributed by atoms with Gasteiger partial charge in [0.1, 0.15) is 17.9 Å². The highest BCUT2D eigenvalue weighted by Gasteiger charge is 2.51. The highest BCUT2D eigenvalue weighted by atomic mass is 16.7. The maximum Gasteiger partial charge on any atom is 0.494 e. The Morgan fingerprint density at radius 3 is 2.40 bits per heavy atom. The third-order valence-electron chi connectivity index (χ3n) is 10.4. The van der Waals surface area contributed by atoms with Crippen LogP contribution in [0, 0.1) is 5.92 Å². The number of carbonyl (C=O) groups is 3. The van der Waals surface area contributed by atoms with Crippen LogP contribution in [0.15, 0.2) is 42.6 Å². The molecule has 2 unspecified atom stereocenters. The van der Waals surface area contributed by atoms with Crippen LogP contribution < -0.4 is 20.3 Å². The van der Waals surface area contributed by atoms with E-state index in [0.29, 0.717) is 36.1 Å². The lowest BCUT2D eigenvalue weighted by Gasteiger charge is -2.32. The highest BCUT2D eigenvalue weighted by molar-refractivity contribution is 6.62. The SMILES string of the molecule is COC(=O)NC(C(=O)N1CN(C(=O)N2Cc3ccc4c(c3C2)OCO4)CC1c1nc(-c2ccc(B3OC(C)(C)C(C)(C)O3)cc2)c[nH]1)C(C)C. The summed E-state index contributed by atoms with van der Waals surface area (Å²) >= 11 is 0. The van der Waals surface area contributed by atoms with Crippen LogP contribution in [0.3, 0.4) is 0 Å². The van der Waals surface area contributed by atoms with Crippen molar-refractivity contribution >= 4 is 30.6 Å². The van der Waals surface area contributed by atoms with E-state index in [4.69, 9.17) is 28.5 Å². The number of imidazole rings is 1. The molecule has 3 aromatic rings. The molecular formula is C35H43BN6O8. The van der Waals surface area contributed by atoms with Crippen LogP contribution in [0.25, 0.3) is 11.3 Å². The summed E-state index contributed by atoms with van der Waals surface area (Å²) in [6, 6.07) is 9.95. The Hall–Kier alpha value is -4.76. The molecule has 0 bridgehead atoms. The van der Waals surface area contributed by atoms with E-state index in [1.807, 2.05) is 77.9 Å². The second kappa shape index (κ2) is 12.5. The molecule has 15 heteroatoms. The molecule has 4 aliphatic rings. The number of urea groups is 1. The number of amides is 4. The maximum atomic E-state index is 14.2. The summed E-state index contributed by atoms with van der Waals surface area (Å²) in [6.45, 7) is 12.9. The first-order valence-corrected chi connectivity index (χ1v) is 16.9. The molecule has 50 heavy (non-hydrogen) atoms. The number of ether oxygens (including phenoxy) is 3. The van der Waals surface area contributed by atoms with Crippen molar-refractivity contribution in [3.63, 3.8) is 0 Å². The number of alkyl carbamates (subject to hydrolysis) is 1. The van der Waals surface area contributed by atoms with Crippen molar-refractivity contribution in [2.45, 2.75) is 77.9 Å². The summed E-state index contributed by atoms with van der Waals surface area (Å²) in [7, 11) is 0.770. The first-order chi connectivity index (χ1) is 23.8. The molecule has 0 aliphatic carbocycles. The molecule has 1 aromatic heterocycles. The summed E-state index contributed by atoms with van der Waals surface area (Å²) in [4.78, 5) is 53.6. The molecule has 0 radical (unpaired) electrons. The van der Waals surface area contributed by atoms with Gasteiger partial charge in [-0.25, -0.2) is 14.6 Å². The third-order valence-corrected chi connectivity index (χ3v) is 10.4. The summed E-state index contributed by atoms with van der Waals surface area (Å²) in [5, 5.41) is 2.68. The fourth-order valence-corrected chi connectivity index (χ4v) is 6.75. The predicted octanol–water partition coefficient (Wildman–Crippen LogP) is 3.76. The zero-order valence-corrected chi connectivity index (χ0v) is 29.4. The van der Waals surface area contributed by atoms with Crippen LogP contribution in [0.5, 0.6) is 11.5 Å². The quantitative estimate of drug-likeness (QED) is 0.370. The average molecular weight is 687 g/mol. The van der Waals surface area contributed by atoms with Gasteiger partial charge in [-0.15, -0.1) is 0 Å². The minimum atomic E-state index is -0.882. The van der Waals surface area contributed by atoms with Crippen molar-refractivity contribution in [3.05, 3.63) is 59.5 Å². The van der Waals surface area contributed by atoms with E-state index in [1.54, 1.807) is 20.9 Å². The number of fused-ring (bicyclic) bond motifs is 3. The van der Waals surface area contributed by atoms with E-state index in [2.05, 4.69) is 10.3 Å². The standard InChI is InChI=1S/C35H43BN6O8/c1-20(2)28(39-32(44)46-7)31(43)42-18-41(33(45)40-15-22-10-13-27-29(24(22)16-40)48-19-47-27)17-26(42)30-37-14-25(38-30)21-8-11-23(12-9-21)36-49-34(3,4)35(5,6)50-36/h8-14,20,26,28H,15-19H2,1-7H3,(H,37,38)(H,39,44). The van der Waals surface area contributed by atoms with Crippen LogP contribution >= 0.6 is 0 Å². The fourth-order valence-electron chi connectivity index (χ4n) is 6.75. The average Bonchev–Trinajstić information content (AvgIpc) is 3.91. The number of rotatable bonds is 6. The van der Waals surface area contributed by atoms with E-state index in [1.165, 1.54) is 7.11 Å². The number of aromatic nitrogens is 2. The molecule has 0 saturated carbocycles. The van der Waals surface area contributed by atoms with E-state index in [9.17, 15) is 14.4 Å². The fraction of sp³-hybridized carbons (Fsp3) is 0.486. The summed E-state index contributed by atoms with van der Waals surface area (Å²) in [6.07, 6.45) is 1.08. The number of hydrogen-bond donors (Lipinski definition) is 2. The van der Waals surface area contributed by atoms with Crippen LogP contribution in [-0.4, -0.2) is 94.2 Å². The Kier molecular flexibility index (Phi) is 8.46. The Balaban J connectivity index is 1.13. The van der Waals surface area contributed by atoms with Crippen molar-refractivity contribution in [2.24, 2.45) is 5.92 Å². The first-order valence-electron chi connectivity index (χ1n) is 16.9. The van der Waals surface area contributed by atoms with Gasteiger partial charge in [-0.1, -0.05) is 44.2 Å². The number of hydrogen-bond acceptors (Lipinski definition) is 9. The summed E-state index contributed by atoms with van der Waals surface area (Å²) in [5.74, 6) is 1.27. The zero-order valence-electron chi connectivity index (χ0n) is 29.4. The van der Waals surface area contributed by atoms with Crippen molar-refractivity contribution in [2.75, 3.05) is 27.1 Å². The van der Waals surface area contributed by atoms with Gasteiger partial charge in [0.15, 0.2) is 11.5 Å². The van der Waals surface area contributed by atoms with Gasteiger partial charge in [0.2, 0.25) is 12.7 Å². The van der Waals surface area contributed by atoms with Crippen molar-refractivity contribution in [1.29, 1.82) is 0 Å². The minimum Gasteiger partial charge on any atom is -0.454 e. The molecule has 5 heterocycles. The number of benzene rings is 2. The summed E-state index contributed by atoms with van der Waals surface area (Å²) in [5.41, 5.74) is 3.46. The van der Waals surface area contributed by atoms with Gasteiger partial charge >= 0.3 is 19.2 Å². The van der Waals surface area contributed by atoms with Gasteiger partial charge in [0.25, 0.3) is 0 Å². The molecule has 264 valence electrons. The summed E-state index contributed by atoms with van der Waals surface area (Å²) < 4.78 is 28.5. The minimum absolute atomic E-state index is 0.0117. The topological polar surface area (TPSA) is 148 Å². The maximum absolute atomic E-state index is 14.2. The Bertz CT molecular complexity index is 1790. The lowest BCUT2D eigenvalue weighted by molar-refractivity contribution is -0.135. The van der Waals surface area contributed by atoms with Crippen LogP contribution in [-0.2, 0) is 31.9 Å². The molecule has 2 atom stereocenters. The molecule has 4 amide bonds. The van der Waals surface area contributed by atoms with Crippen molar-refractivity contribution in [1.82, 2.24) is 30.0 Å². The predicted molar refractivity (Wildman–Crippen MR) is 182 cm³/mol. The zero-order chi connectivity index (χ0) is 35.5. The van der Waals surface area contributed by atoms with Gasteiger partial charge in [0.05, 0.1) is 43.8 Å². The molecule has 0 spiro atoms. The van der Waals surface area contributed by atoms with E-state index in [0.717, 1.165) is 22.2 Å². The molecule has 2 saturated heterocycles. The number of methoxy groups -OCH3 is 1. The van der Waals surface area contributed by atoms with Gasteiger partial charge in [-0.05, 0) is 50.7 Å². The molecule has 4 aliphatic heterocycles. The number of nitrogens with zero attached hydrogens (tertiary/aromatic N) is 4. The van der Waals surface area contributed by atoms with Gasteiger partial charge in [0, 0.05) is 23.9 Å². The van der Waals surface area contributed by atoms with E-state index in [-0.39, 0.29) is 37.9 Å². The lowest BCUT2D eigenvalue weighted by Crippen LogP contribution is -2.52. The van der Waals surface area contributed by atoms with Crippen molar-refractivity contribution < 1.29 is 37.9 Å². The van der Waals surface area contributed by atoms with Crippen molar-refractivity contribution in [3.8, 4) is 22.8 Å². The normalized spacial score (nSPS) is 20.8. The Morgan fingerprint density at radius 1 is 1.00 bits per heavy atom. The molecule has 2 N–H and O–H groups in total. The molecule has 14 nitrogen and oxygen atoms in total. The molecular weight excluding hydrogens is 643 g/mol. The second-order valence-corrected chi connectivity index (χ2v) is 14.5. The van der Waals surface area contributed by atoms with Crippen LogP contribution in [0.4, 0.5) is 9.59 Å². The van der Waals surface area contributed by atoms with Crippen LogP contribution in [0.1, 0.15) is 64.5 Å². The monoisotopic (exact) mass is 686 g/mol. The third kappa shape index (κ3) is 5.91. The smallest absolute Gasteiger partial charge is 0.454 e. The Morgan fingerprint density at radius 2 is 1.72 bits per heavy atom. The molecule has 7 rings (SSSR count). The second-order valence-electron chi connectivity index (χ2n) is 14.5. The van der Waals surface area contributed by atoms with Gasteiger partial charge < -0.3 is 48.5 Å². The van der Waals surface area contributed by atoms with Crippen LogP contribution in [0.2, 0.25) is 0 Å². The van der Waals surface area contributed by atoms with E-state index < -0.39 is 36.5 Å². The van der Waals surface area contributed by atoms with Gasteiger partial charge in [-0.2, -0.15) is 0 Å². The number of aromatic amines is 1. The number of H-pyrrole nitrogens is 1. The highest BCUT2D eigenvalue weighted by Crippen LogP contribution is 2.42. The Labute approximate surface area is 291 Å². The molecule has 2 fully saturated rings. The number of nitrogens with one attached hydrogen (secondary N) is 2. The molecule has 2 aromatic carbocycles. The lowest BCUT2D eigenvalue weighted by atomic mass is 9.79. The largest absolute Gasteiger partial charge is 0.494 e.